The SMILES string of the molecule is CC.CC/C(C)=C1/C(=C(/C)C(=N)c2ccc(C(F)(F)F)cc2O)CCCN1C1CCCN(C2CCN(C3CC(O)C3)CC2)C1.CCO. The molecule has 4 aliphatic rings. The Morgan fingerprint density at radius 3 is 2.11 bits per heavy atom. The van der Waals surface area contributed by atoms with Crippen LogP contribution in [0, 0.1) is 5.41 Å². The highest BCUT2D eigenvalue weighted by Gasteiger charge is 2.38. The van der Waals surface area contributed by atoms with E-state index in [4.69, 9.17) is 10.5 Å². The van der Waals surface area contributed by atoms with Gasteiger partial charge in [-0.1, -0.05) is 20.8 Å². The van der Waals surface area contributed by atoms with Gasteiger partial charge in [0.25, 0.3) is 0 Å². The summed E-state index contributed by atoms with van der Waals surface area (Å²) in [7, 11) is 0. The molecule has 1 aromatic rings. The van der Waals surface area contributed by atoms with Crippen LogP contribution in [0.1, 0.15) is 110 Å². The maximum atomic E-state index is 13.2. The van der Waals surface area contributed by atoms with Gasteiger partial charge in [-0.05, 0) is 133 Å². The second kappa shape index (κ2) is 17.8. The number of nitrogens with zero attached hydrogens (tertiary/aromatic N) is 3. The molecule has 0 spiro atoms. The highest BCUT2D eigenvalue weighted by atomic mass is 19.4. The van der Waals surface area contributed by atoms with Crippen molar-refractivity contribution in [2.45, 2.75) is 130 Å². The normalized spacial score (nSPS) is 26.7. The lowest BCUT2D eigenvalue weighted by Crippen LogP contribution is -2.56. The van der Waals surface area contributed by atoms with E-state index in [2.05, 4.69) is 28.5 Å². The minimum atomic E-state index is -4.55. The zero-order chi connectivity index (χ0) is 34.9. The average Bonchev–Trinajstić information content (AvgIpc) is 3.06. The molecule has 47 heavy (non-hydrogen) atoms. The van der Waals surface area contributed by atoms with E-state index in [9.17, 15) is 23.4 Å². The lowest BCUT2D eigenvalue weighted by Gasteiger charge is -2.49. The van der Waals surface area contributed by atoms with E-state index in [1.807, 2.05) is 20.8 Å². The molecule has 0 radical (unpaired) electrons. The summed E-state index contributed by atoms with van der Waals surface area (Å²) < 4.78 is 39.5. The van der Waals surface area contributed by atoms with Crippen LogP contribution in [-0.4, -0.2) is 99.3 Å². The maximum absolute atomic E-state index is 13.2. The van der Waals surface area contributed by atoms with Crippen LogP contribution < -0.4 is 0 Å². The van der Waals surface area contributed by atoms with Gasteiger partial charge < -0.3 is 25.1 Å². The Hall–Kier alpha value is -2.40. The first-order valence-corrected chi connectivity index (χ1v) is 17.8. The van der Waals surface area contributed by atoms with Gasteiger partial charge in [0.05, 0.1) is 17.4 Å². The molecule has 266 valence electrons. The lowest BCUT2D eigenvalue weighted by atomic mass is 9.85. The predicted molar refractivity (Wildman–Crippen MR) is 184 cm³/mol. The van der Waals surface area contributed by atoms with Gasteiger partial charge in [0.15, 0.2) is 0 Å². The topological polar surface area (TPSA) is 94.3 Å². The van der Waals surface area contributed by atoms with E-state index in [0.717, 1.165) is 101 Å². The molecular formula is C37H59F3N4O3. The number of alkyl halides is 3. The van der Waals surface area contributed by atoms with E-state index in [0.29, 0.717) is 18.1 Å². The predicted octanol–water partition coefficient (Wildman–Crippen LogP) is 7.35. The number of phenolic OH excluding ortho intramolecular Hbond substituents is 1. The zero-order valence-corrected chi connectivity index (χ0v) is 29.5. The number of phenols is 1. The Morgan fingerprint density at radius 2 is 1.55 bits per heavy atom. The van der Waals surface area contributed by atoms with Crippen LogP contribution in [0.4, 0.5) is 13.2 Å². The summed E-state index contributed by atoms with van der Waals surface area (Å²) in [5.74, 6) is -0.511. The van der Waals surface area contributed by atoms with Crippen molar-refractivity contribution in [2.75, 3.05) is 39.3 Å². The molecule has 1 atom stereocenters. The standard InChI is InChI=1S/C33H47F3N4O2.C2H6O.C2H6/c1-4-21(2)32-28(22(3)31(37)29-10-9-23(17-30(29)42)33(34,35)36)8-6-14-40(32)25-7-5-13-39(20-25)24-11-15-38(16-12-24)26-18-27(41)19-26;1-2-3;1-2/h9-10,17,24-27,37,41-42H,4-8,11-16,18-20H2,1-3H3;3H,2H2,1H3;1-2H3/b28-22-,32-21-,37-31?;;. The van der Waals surface area contributed by atoms with Crippen molar-refractivity contribution in [1.82, 2.24) is 14.7 Å². The number of nitrogens with one attached hydrogen (secondary N) is 1. The maximum Gasteiger partial charge on any atom is 0.416 e. The number of piperidine rings is 3. The molecule has 0 amide bonds. The second-order valence-corrected chi connectivity index (χ2v) is 13.1. The molecule has 3 saturated heterocycles. The van der Waals surface area contributed by atoms with Crippen molar-refractivity contribution in [1.29, 1.82) is 5.41 Å². The fourth-order valence-electron chi connectivity index (χ4n) is 7.55. The molecule has 4 N–H and O–H groups in total. The largest absolute Gasteiger partial charge is 0.507 e. The minimum absolute atomic E-state index is 0.0792. The number of aromatic hydroxyl groups is 1. The number of hydrogen-bond acceptors (Lipinski definition) is 7. The summed E-state index contributed by atoms with van der Waals surface area (Å²) in [5.41, 5.74) is 3.56. The van der Waals surface area contributed by atoms with Gasteiger partial charge in [0, 0.05) is 49.1 Å². The third-order valence-electron chi connectivity index (χ3n) is 10.2. The second-order valence-electron chi connectivity index (χ2n) is 13.1. The van der Waals surface area contributed by atoms with E-state index in [-0.39, 0.29) is 24.0 Å². The molecule has 3 heterocycles. The number of aliphatic hydroxyl groups is 2. The van der Waals surface area contributed by atoms with Gasteiger partial charge >= 0.3 is 6.18 Å². The molecule has 1 saturated carbocycles. The molecule has 5 rings (SSSR count). The van der Waals surface area contributed by atoms with Crippen LogP contribution in [0.3, 0.4) is 0 Å². The number of allylic oxidation sites excluding steroid dienone is 3. The summed E-state index contributed by atoms with van der Waals surface area (Å²) in [6, 6.07) is 4.42. The fraction of sp³-hybridized carbons (Fsp3) is 0.703. The number of rotatable bonds is 6. The third kappa shape index (κ3) is 9.61. The van der Waals surface area contributed by atoms with Gasteiger partial charge in [-0.2, -0.15) is 13.2 Å². The smallest absolute Gasteiger partial charge is 0.416 e. The molecule has 7 nitrogen and oxygen atoms in total. The van der Waals surface area contributed by atoms with Crippen LogP contribution in [-0.2, 0) is 6.18 Å². The number of likely N-dealkylation sites (tertiary alicyclic amines) is 3. The van der Waals surface area contributed by atoms with E-state index < -0.39 is 17.5 Å². The summed E-state index contributed by atoms with van der Waals surface area (Å²) >= 11 is 0. The average molecular weight is 665 g/mol. The van der Waals surface area contributed by atoms with Crippen molar-refractivity contribution in [3.05, 3.63) is 51.7 Å². The van der Waals surface area contributed by atoms with Crippen LogP contribution >= 0.6 is 0 Å². The Balaban J connectivity index is 0.00000114. The van der Waals surface area contributed by atoms with Crippen LogP contribution in [0.2, 0.25) is 0 Å². The fourth-order valence-corrected chi connectivity index (χ4v) is 7.55. The molecule has 3 aliphatic heterocycles. The summed E-state index contributed by atoms with van der Waals surface area (Å²) in [4.78, 5) is 7.84. The summed E-state index contributed by atoms with van der Waals surface area (Å²) in [6.45, 7) is 17.5. The van der Waals surface area contributed by atoms with Crippen molar-refractivity contribution < 1.29 is 28.5 Å². The van der Waals surface area contributed by atoms with Gasteiger partial charge in [0.2, 0.25) is 0 Å². The minimum Gasteiger partial charge on any atom is -0.507 e. The Bertz CT molecular complexity index is 1230. The van der Waals surface area contributed by atoms with Crippen molar-refractivity contribution >= 4 is 5.71 Å². The summed E-state index contributed by atoms with van der Waals surface area (Å²) in [5, 5.41) is 36.7. The molecule has 1 unspecified atom stereocenters. The zero-order valence-electron chi connectivity index (χ0n) is 29.5. The highest BCUT2D eigenvalue weighted by molar-refractivity contribution is 6.12. The van der Waals surface area contributed by atoms with E-state index >= 15 is 0 Å². The molecule has 4 fully saturated rings. The Morgan fingerprint density at radius 1 is 0.915 bits per heavy atom. The molecule has 0 aromatic heterocycles. The van der Waals surface area contributed by atoms with Crippen LogP contribution in [0.5, 0.6) is 5.75 Å². The van der Waals surface area contributed by atoms with Gasteiger partial charge in [-0.15, -0.1) is 0 Å². The first-order chi connectivity index (χ1) is 22.4. The van der Waals surface area contributed by atoms with Crippen LogP contribution in [0.25, 0.3) is 0 Å². The van der Waals surface area contributed by atoms with Crippen LogP contribution in [0.15, 0.2) is 40.6 Å². The van der Waals surface area contributed by atoms with Gasteiger partial charge in [-0.25, -0.2) is 0 Å². The van der Waals surface area contributed by atoms with Crippen molar-refractivity contribution in [3.8, 4) is 5.75 Å². The third-order valence-corrected chi connectivity index (χ3v) is 10.2. The molecule has 0 bridgehead atoms. The number of halogens is 3. The molecular weight excluding hydrogens is 605 g/mol. The monoisotopic (exact) mass is 664 g/mol. The van der Waals surface area contributed by atoms with Crippen molar-refractivity contribution in [2.24, 2.45) is 0 Å². The summed E-state index contributed by atoms with van der Waals surface area (Å²) in [6.07, 6.45) is 4.46. The first kappa shape index (κ1) is 39.0. The number of benzene rings is 1. The quantitative estimate of drug-likeness (QED) is 0.238. The lowest BCUT2D eigenvalue weighted by molar-refractivity contribution is -0.137. The van der Waals surface area contributed by atoms with E-state index in [1.54, 1.807) is 6.92 Å². The highest BCUT2D eigenvalue weighted by Crippen LogP contribution is 2.39. The molecule has 1 aliphatic carbocycles. The van der Waals surface area contributed by atoms with E-state index in [1.165, 1.54) is 30.2 Å². The number of hydrogen-bond donors (Lipinski definition) is 4. The first-order valence-electron chi connectivity index (χ1n) is 17.8. The Labute approximate surface area is 280 Å². The Kier molecular flexibility index (Phi) is 14.8. The van der Waals surface area contributed by atoms with Crippen molar-refractivity contribution in [3.63, 3.8) is 0 Å². The van der Waals surface area contributed by atoms with Gasteiger partial charge in [0.1, 0.15) is 5.75 Å². The van der Waals surface area contributed by atoms with Gasteiger partial charge in [-0.3, -0.25) is 10.3 Å². The molecule has 1 aromatic carbocycles. The number of aliphatic hydroxyl groups excluding tert-OH is 2. The molecule has 10 heteroatoms.